The van der Waals surface area contributed by atoms with Gasteiger partial charge in [0.2, 0.25) is 23.8 Å². The van der Waals surface area contributed by atoms with Gasteiger partial charge < -0.3 is 0 Å². The number of tetrazole rings is 1. The normalized spacial score (nSPS) is 10.9. The van der Waals surface area contributed by atoms with Gasteiger partial charge in [0, 0.05) is 23.3 Å². The van der Waals surface area contributed by atoms with Crippen molar-refractivity contribution in [2.75, 3.05) is 0 Å². The molecule has 172 valence electrons. The van der Waals surface area contributed by atoms with Gasteiger partial charge >= 0.3 is 0 Å². The van der Waals surface area contributed by atoms with Crippen LogP contribution in [0.2, 0.25) is 0 Å². The number of hydrogen-bond acceptors (Lipinski definition) is 3. The fourth-order valence-electron chi connectivity index (χ4n) is 4.40. The van der Waals surface area contributed by atoms with Gasteiger partial charge in [-0.25, -0.2) is 0 Å². The number of rotatable bonds is 6. The molecule has 6 aromatic rings. The van der Waals surface area contributed by atoms with Gasteiger partial charge in [-0.1, -0.05) is 84.9 Å². The molecule has 6 rings (SSSR count). The molecule has 0 saturated heterocycles. The van der Waals surface area contributed by atoms with Crippen LogP contribution in [0.3, 0.4) is 0 Å². The molecule has 0 amide bonds. The third-order valence-corrected chi connectivity index (χ3v) is 6.15. The molecule has 0 saturated carbocycles. The molecule has 0 radical (unpaired) electrons. The van der Waals surface area contributed by atoms with E-state index in [9.17, 15) is 0 Å². The van der Waals surface area contributed by atoms with Crippen LogP contribution in [0.4, 0.5) is 0 Å². The number of nitrogens with zero attached hydrogens (tertiary/aromatic N) is 5. The lowest BCUT2D eigenvalue weighted by Gasteiger charge is -2.12. The van der Waals surface area contributed by atoms with Crippen molar-refractivity contribution < 1.29 is 4.57 Å². The predicted octanol–water partition coefficient (Wildman–Crippen LogP) is 6.00. The first kappa shape index (κ1) is 21.6. The van der Waals surface area contributed by atoms with Crippen LogP contribution in [0.25, 0.3) is 39.3 Å². The van der Waals surface area contributed by atoms with E-state index < -0.39 is 0 Å². The number of aromatic nitrogens is 5. The second-order valence-corrected chi connectivity index (χ2v) is 8.53. The molecule has 0 bridgehead atoms. The summed E-state index contributed by atoms with van der Waals surface area (Å²) >= 11 is 0. The Morgan fingerprint density at radius 2 is 1.00 bits per heavy atom. The lowest BCUT2D eigenvalue weighted by Crippen LogP contribution is -2.40. The molecule has 0 aliphatic heterocycles. The molecular weight excluding hydrogens is 442 g/mol. The molecule has 0 aliphatic carbocycles. The van der Waals surface area contributed by atoms with Crippen LogP contribution in [0.5, 0.6) is 0 Å². The maximum Gasteiger partial charge on any atom is 0.239 e. The van der Waals surface area contributed by atoms with Gasteiger partial charge in [0.25, 0.3) is 0 Å². The van der Waals surface area contributed by atoms with Crippen LogP contribution in [0.1, 0.15) is 5.82 Å². The fourth-order valence-corrected chi connectivity index (χ4v) is 4.40. The van der Waals surface area contributed by atoms with Crippen molar-refractivity contribution in [2.24, 2.45) is 0 Å². The minimum atomic E-state index is 0.482. The van der Waals surface area contributed by atoms with E-state index in [0.717, 1.165) is 33.8 Å². The van der Waals surface area contributed by atoms with E-state index in [2.05, 4.69) is 99.8 Å². The van der Waals surface area contributed by atoms with Gasteiger partial charge in [-0.15, -0.1) is 15.0 Å². The van der Waals surface area contributed by atoms with Gasteiger partial charge in [-0.2, -0.15) is 4.57 Å². The van der Waals surface area contributed by atoms with Gasteiger partial charge in [0.15, 0.2) is 0 Å². The summed E-state index contributed by atoms with van der Waals surface area (Å²) < 4.78 is 2.28. The van der Waals surface area contributed by atoms with Gasteiger partial charge in [0.1, 0.15) is 0 Å². The summed E-state index contributed by atoms with van der Waals surface area (Å²) in [6, 6.07) is 45.8. The number of benzene rings is 4. The number of para-hydroxylation sites is 1. The lowest BCUT2D eigenvalue weighted by molar-refractivity contribution is -0.667. The molecular formula is C31H24N5+. The van der Waals surface area contributed by atoms with Gasteiger partial charge in [-0.3, -0.25) is 0 Å². The lowest BCUT2D eigenvalue weighted by atomic mass is 9.99. The molecule has 0 N–H and O–H groups in total. The standard InChI is InChI=1S/C31H24N5/c1-5-13-24(14-6-1)27-21-29(25-15-7-2-8-16-25)35(30(22-27)26-17-9-3-10-18-26)23-31-32-34-36(33-31)28-19-11-4-12-20-28/h1-22H,23H2/q+1. The summed E-state index contributed by atoms with van der Waals surface area (Å²) in [7, 11) is 0. The minimum Gasteiger partial charge on any atom is -0.183 e. The Morgan fingerprint density at radius 3 is 1.53 bits per heavy atom. The molecule has 36 heavy (non-hydrogen) atoms. The van der Waals surface area contributed by atoms with Crippen LogP contribution in [-0.4, -0.2) is 20.2 Å². The second-order valence-electron chi connectivity index (χ2n) is 8.53. The molecule has 5 nitrogen and oxygen atoms in total. The highest BCUT2D eigenvalue weighted by Gasteiger charge is 2.24. The summed E-state index contributed by atoms with van der Waals surface area (Å²) in [4.78, 5) is 1.58. The second kappa shape index (κ2) is 9.76. The molecule has 2 heterocycles. The first-order valence-electron chi connectivity index (χ1n) is 11.9. The Hall–Kier alpha value is -4.90. The average Bonchev–Trinajstić information content (AvgIpc) is 3.44. The van der Waals surface area contributed by atoms with E-state index in [1.54, 1.807) is 4.80 Å². The van der Waals surface area contributed by atoms with Crippen molar-refractivity contribution in [1.82, 2.24) is 20.2 Å². The van der Waals surface area contributed by atoms with Crippen molar-refractivity contribution in [2.45, 2.75) is 6.54 Å². The van der Waals surface area contributed by atoms with Crippen LogP contribution in [0.15, 0.2) is 133 Å². The Morgan fingerprint density at radius 1 is 0.528 bits per heavy atom. The SMILES string of the molecule is c1ccc(-c2cc(-c3ccccc3)[n+](Cc3nnn(-c4ccccc4)n3)c(-c3ccccc3)c2)cc1. The minimum absolute atomic E-state index is 0.482. The molecule has 0 aliphatic rings. The topological polar surface area (TPSA) is 47.5 Å². The van der Waals surface area contributed by atoms with Crippen molar-refractivity contribution in [3.05, 3.63) is 139 Å². The van der Waals surface area contributed by atoms with E-state index in [1.165, 1.54) is 5.56 Å². The fraction of sp³-hybridized carbons (Fsp3) is 0.0323. The zero-order chi connectivity index (χ0) is 24.2. The largest absolute Gasteiger partial charge is 0.239 e. The Balaban J connectivity index is 1.54. The molecule has 4 aromatic carbocycles. The highest BCUT2D eigenvalue weighted by molar-refractivity contribution is 5.73. The number of hydrogen-bond donors (Lipinski definition) is 0. The first-order valence-corrected chi connectivity index (χ1v) is 11.9. The monoisotopic (exact) mass is 466 g/mol. The van der Waals surface area contributed by atoms with Gasteiger partial charge in [0.05, 0.1) is 5.69 Å². The van der Waals surface area contributed by atoms with E-state index in [1.807, 2.05) is 48.5 Å². The zero-order valence-electron chi connectivity index (χ0n) is 19.6. The molecule has 5 heteroatoms. The molecule has 0 unspecified atom stereocenters. The average molecular weight is 467 g/mol. The maximum atomic E-state index is 4.70. The Kier molecular flexibility index (Phi) is 5.86. The van der Waals surface area contributed by atoms with E-state index in [0.29, 0.717) is 12.4 Å². The van der Waals surface area contributed by atoms with Crippen LogP contribution in [0, 0.1) is 0 Å². The number of pyridine rings is 1. The summed E-state index contributed by atoms with van der Waals surface area (Å²) in [6.07, 6.45) is 0. The highest BCUT2D eigenvalue weighted by atomic mass is 15.6. The molecule has 0 fully saturated rings. The van der Waals surface area contributed by atoms with Crippen molar-refractivity contribution in [1.29, 1.82) is 0 Å². The molecule has 2 aromatic heterocycles. The summed E-state index contributed by atoms with van der Waals surface area (Å²) in [5.74, 6) is 0.644. The van der Waals surface area contributed by atoms with Crippen molar-refractivity contribution in [3.63, 3.8) is 0 Å². The van der Waals surface area contributed by atoms with E-state index in [4.69, 9.17) is 5.10 Å². The smallest absolute Gasteiger partial charge is 0.183 e. The molecule has 0 atom stereocenters. The van der Waals surface area contributed by atoms with E-state index >= 15 is 0 Å². The predicted molar refractivity (Wildman–Crippen MR) is 141 cm³/mol. The van der Waals surface area contributed by atoms with E-state index in [-0.39, 0.29) is 0 Å². The maximum absolute atomic E-state index is 4.70. The third kappa shape index (κ3) is 4.42. The van der Waals surface area contributed by atoms with Crippen LogP contribution in [-0.2, 0) is 6.54 Å². The zero-order valence-corrected chi connectivity index (χ0v) is 19.6. The van der Waals surface area contributed by atoms with Crippen LogP contribution < -0.4 is 4.57 Å². The quantitative estimate of drug-likeness (QED) is 0.283. The Bertz CT molecular complexity index is 1520. The summed E-state index contributed by atoms with van der Waals surface area (Å²) in [5.41, 5.74) is 7.65. The summed E-state index contributed by atoms with van der Waals surface area (Å²) in [5, 5.41) is 13.4. The first-order chi connectivity index (χ1) is 17.8. The Labute approximate surface area is 209 Å². The van der Waals surface area contributed by atoms with Crippen LogP contribution >= 0.6 is 0 Å². The highest BCUT2D eigenvalue weighted by Crippen LogP contribution is 2.29. The third-order valence-electron chi connectivity index (χ3n) is 6.15. The summed E-state index contributed by atoms with van der Waals surface area (Å²) in [6.45, 7) is 0.482. The van der Waals surface area contributed by atoms with Crippen molar-refractivity contribution >= 4 is 0 Å². The molecule has 0 spiro atoms. The van der Waals surface area contributed by atoms with Crippen molar-refractivity contribution in [3.8, 4) is 39.3 Å². The van der Waals surface area contributed by atoms with Gasteiger partial charge in [-0.05, 0) is 52.7 Å².